The van der Waals surface area contributed by atoms with Gasteiger partial charge in [0.1, 0.15) is 5.52 Å². The number of anilines is 1. The third kappa shape index (κ3) is 3.35. The van der Waals surface area contributed by atoms with Crippen molar-refractivity contribution in [3.8, 4) is 0 Å². The third-order valence-corrected chi connectivity index (χ3v) is 5.46. The second-order valence-corrected chi connectivity index (χ2v) is 7.40. The maximum Gasteiger partial charge on any atom is 0.298 e. The number of fused-ring (bicyclic) bond motifs is 1. The Morgan fingerprint density at radius 1 is 1.24 bits per heavy atom. The third-order valence-electron chi connectivity index (χ3n) is 5.46. The van der Waals surface area contributed by atoms with Crippen molar-refractivity contribution in [2.24, 2.45) is 11.7 Å². The van der Waals surface area contributed by atoms with Crippen LogP contribution < -0.4 is 10.6 Å². The molecule has 0 spiro atoms. The maximum absolute atomic E-state index is 12.7. The summed E-state index contributed by atoms with van der Waals surface area (Å²) in [5, 5.41) is 0. The number of hydrogen-bond donors (Lipinski definition) is 1. The molecular weight excluding hydrogens is 316 g/mol. The summed E-state index contributed by atoms with van der Waals surface area (Å²) >= 11 is 0. The van der Waals surface area contributed by atoms with Crippen LogP contribution in [0.3, 0.4) is 0 Å². The van der Waals surface area contributed by atoms with E-state index < -0.39 is 0 Å². The van der Waals surface area contributed by atoms with Crippen LogP contribution in [0.4, 0.5) is 6.01 Å². The number of nitrogens with zero attached hydrogens (tertiary/aromatic N) is 3. The molecule has 1 aromatic heterocycles. The topological polar surface area (TPSA) is 75.6 Å². The zero-order valence-electron chi connectivity index (χ0n) is 14.8. The number of carbonyl (C=O) groups excluding carboxylic acids is 1. The highest BCUT2D eigenvalue weighted by Gasteiger charge is 2.31. The van der Waals surface area contributed by atoms with E-state index in [0.717, 1.165) is 63.0 Å². The van der Waals surface area contributed by atoms with Gasteiger partial charge in [0.2, 0.25) is 5.91 Å². The van der Waals surface area contributed by atoms with Crippen LogP contribution >= 0.6 is 0 Å². The van der Waals surface area contributed by atoms with Crippen LogP contribution in [0.15, 0.2) is 22.6 Å². The van der Waals surface area contributed by atoms with E-state index in [1.54, 1.807) is 0 Å². The molecule has 1 saturated heterocycles. The van der Waals surface area contributed by atoms with Gasteiger partial charge < -0.3 is 20.0 Å². The van der Waals surface area contributed by atoms with Crippen molar-refractivity contribution in [1.82, 2.24) is 9.88 Å². The van der Waals surface area contributed by atoms with E-state index in [9.17, 15) is 4.79 Å². The van der Waals surface area contributed by atoms with Crippen molar-refractivity contribution < 1.29 is 9.21 Å². The number of carbonyl (C=O) groups is 1. The van der Waals surface area contributed by atoms with E-state index in [2.05, 4.69) is 16.8 Å². The standard InChI is InChI=1S/C19H26N4O2/c1-13-5-6-17-16(11-13)21-19(25-17)23-9-7-22(8-10-23)18(24)14-3-2-4-15(20)12-14/h5-6,11,14-15H,2-4,7-10,12,20H2,1H3. The lowest BCUT2D eigenvalue weighted by atomic mass is 9.85. The van der Waals surface area contributed by atoms with Gasteiger partial charge in [0.15, 0.2) is 5.58 Å². The summed E-state index contributed by atoms with van der Waals surface area (Å²) in [4.78, 5) is 21.5. The highest BCUT2D eigenvalue weighted by Crippen LogP contribution is 2.27. The average Bonchev–Trinajstić information content (AvgIpc) is 3.04. The number of piperazine rings is 1. The average molecular weight is 342 g/mol. The van der Waals surface area contributed by atoms with Gasteiger partial charge in [0.05, 0.1) is 0 Å². The molecule has 1 aliphatic carbocycles. The number of amides is 1. The van der Waals surface area contributed by atoms with E-state index in [-0.39, 0.29) is 17.9 Å². The monoisotopic (exact) mass is 342 g/mol. The fraction of sp³-hybridized carbons (Fsp3) is 0.579. The molecule has 6 nitrogen and oxygen atoms in total. The van der Waals surface area contributed by atoms with Crippen LogP contribution in [-0.2, 0) is 4.79 Å². The Morgan fingerprint density at radius 3 is 2.80 bits per heavy atom. The molecule has 25 heavy (non-hydrogen) atoms. The van der Waals surface area contributed by atoms with Crippen molar-refractivity contribution >= 4 is 23.0 Å². The Kier molecular flexibility index (Phi) is 4.37. The molecule has 1 aliphatic heterocycles. The van der Waals surface area contributed by atoms with Gasteiger partial charge in [-0.05, 0) is 43.9 Å². The summed E-state index contributed by atoms with van der Waals surface area (Å²) < 4.78 is 5.88. The highest BCUT2D eigenvalue weighted by atomic mass is 16.4. The van der Waals surface area contributed by atoms with Gasteiger partial charge in [-0.3, -0.25) is 4.79 Å². The molecule has 4 rings (SSSR count). The van der Waals surface area contributed by atoms with Crippen LogP contribution in [0.1, 0.15) is 31.2 Å². The molecule has 2 unspecified atom stereocenters. The minimum absolute atomic E-state index is 0.114. The van der Waals surface area contributed by atoms with E-state index in [0.29, 0.717) is 6.01 Å². The van der Waals surface area contributed by atoms with Crippen LogP contribution in [0.5, 0.6) is 0 Å². The molecule has 6 heteroatoms. The second-order valence-electron chi connectivity index (χ2n) is 7.40. The first-order chi connectivity index (χ1) is 12.1. The zero-order chi connectivity index (χ0) is 17.4. The molecular formula is C19H26N4O2. The van der Waals surface area contributed by atoms with Gasteiger partial charge in [0, 0.05) is 38.1 Å². The predicted octanol–water partition coefficient (Wildman–Crippen LogP) is 2.30. The summed E-state index contributed by atoms with van der Waals surface area (Å²) in [6, 6.07) is 6.88. The molecule has 2 N–H and O–H groups in total. The summed E-state index contributed by atoms with van der Waals surface area (Å²) in [7, 11) is 0. The molecule has 2 atom stereocenters. The van der Waals surface area contributed by atoms with Gasteiger partial charge >= 0.3 is 0 Å². The molecule has 0 bridgehead atoms. The number of aromatic nitrogens is 1. The summed E-state index contributed by atoms with van der Waals surface area (Å²) in [5.74, 6) is 0.394. The van der Waals surface area contributed by atoms with E-state index in [4.69, 9.17) is 10.2 Å². The van der Waals surface area contributed by atoms with Crippen LogP contribution in [0, 0.1) is 12.8 Å². The lowest BCUT2D eigenvalue weighted by Crippen LogP contribution is -2.51. The van der Waals surface area contributed by atoms with E-state index >= 15 is 0 Å². The zero-order valence-corrected chi connectivity index (χ0v) is 14.8. The van der Waals surface area contributed by atoms with Crippen molar-refractivity contribution in [3.63, 3.8) is 0 Å². The number of aryl methyl sites for hydroxylation is 1. The largest absolute Gasteiger partial charge is 0.423 e. The molecule has 134 valence electrons. The number of hydrogen-bond acceptors (Lipinski definition) is 5. The Bertz CT molecular complexity index is 764. The number of benzene rings is 1. The minimum Gasteiger partial charge on any atom is -0.423 e. The Hall–Kier alpha value is -2.08. The number of nitrogens with two attached hydrogens (primary N) is 1. The SMILES string of the molecule is Cc1ccc2oc(N3CCN(C(=O)C4CCCC(N)C4)CC3)nc2c1. The van der Waals surface area contributed by atoms with Gasteiger partial charge in [-0.1, -0.05) is 12.5 Å². The quantitative estimate of drug-likeness (QED) is 0.906. The van der Waals surface area contributed by atoms with Crippen LogP contribution in [0.25, 0.3) is 11.1 Å². The first kappa shape index (κ1) is 16.4. The normalized spacial score (nSPS) is 24.7. The number of oxazole rings is 1. The van der Waals surface area contributed by atoms with E-state index in [1.807, 2.05) is 23.1 Å². The number of rotatable bonds is 2. The lowest BCUT2D eigenvalue weighted by Gasteiger charge is -2.37. The maximum atomic E-state index is 12.7. The van der Waals surface area contributed by atoms with Crippen molar-refractivity contribution in [3.05, 3.63) is 23.8 Å². The van der Waals surface area contributed by atoms with Gasteiger partial charge in [0.25, 0.3) is 6.01 Å². The first-order valence-corrected chi connectivity index (χ1v) is 9.26. The second kappa shape index (κ2) is 6.67. The molecule has 1 aromatic carbocycles. The lowest BCUT2D eigenvalue weighted by molar-refractivity contribution is -0.137. The van der Waals surface area contributed by atoms with E-state index in [1.165, 1.54) is 5.56 Å². The fourth-order valence-corrected chi connectivity index (χ4v) is 3.99. The van der Waals surface area contributed by atoms with Gasteiger partial charge in [-0.25, -0.2) is 0 Å². The van der Waals surface area contributed by atoms with Crippen LogP contribution in [0.2, 0.25) is 0 Å². The Labute approximate surface area is 148 Å². The smallest absolute Gasteiger partial charge is 0.298 e. The Morgan fingerprint density at radius 2 is 2.04 bits per heavy atom. The summed E-state index contributed by atoms with van der Waals surface area (Å²) in [5.41, 5.74) is 8.92. The van der Waals surface area contributed by atoms with Gasteiger partial charge in [-0.15, -0.1) is 0 Å². The molecule has 2 aliphatic rings. The summed E-state index contributed by atoms with van der Waals surface area (Å²) in [6.45, 7) is 5.02. The van der Waals surface area contributed by atoms with Crippen molar-refractivity contribution in [1.29, 1.82) is 0 Å². The van der Waals surface area contributed by atoms with Gasteiger partial charge in [-0.2, -0.15) is 4.98 Å². The molecule has 0 radical (unpaired) electrons. The fourth-order valence-electron chi connectivity index (χ4n) is 3.99. The van der Waals surface area contributed by atoms with Crippen LogP contribution in [-0.4, -0.2) is 48.0 Å². The molecule has 2 heterocycles. The Balaban J connectivity index is 1.39. The highest BCUT2D eigenvalue weighted by molar-refractivity contribution is 5.79. The molecule has 1 amide bonds. The first-order valence-electron chi connectivity index (χ1n) is 9.26. The molecule has 2 aromatic rings. The summed E-state index contributed by atoms with van der Waals surface area (Å²) in [6.07, 6.45) is 3.94. The minimum atomic E-state index is 0.114. The van der Waals surface area contributed by atoms with Crippen molar-refractivity contribution in [2.45, 2.75) is 38.6 Å². The molecule has 2 fully saturated rings. The van der Waals surface area contributed by atoms with Crippen molar-refractivity contribution in [2.75, 3.05) is 31.1 Å². The molecule has 1 saturated carbocycles. The predicted molar refractivity (Wildman–Crippen MR) is 97.5 cm³/mol.